The molecule has 0 radical (unpaired) electrons. The first-order chi connectivity index (χ1) is 10.8. The number of nitrogens with one attached hydrogen (secondary N) is 1. The zero-order valence-electron chi connectivity index (χ0n) is 13.4. The van der Waals surface area contributed by atoms with Gasteiger partial charge >= 0.3 is 0 Å². The Morgan fingerprint density at radius 3 is 2.65 bits per heavy atom. The van der Waals surface area contributed by atoms with Crippen LogP contribution in [0.5, 0.6) is 0 Å². The molecular formula is C16H22N2O4S. The average Bonchev–Trinajstić information content (AvgIpc) is 2.78. The topological polar surface area (TPSA) is 83.6 Å². The van der Waals surface area contributed by atoms with E-state index in [1.54, 1.807) is 6.07 Å². The molecule has 0 saturated carbocycles. The van der Waals surface area contributed by atoms with Crippen LogP contribution in [0.25, 0.3) is 0 Å². The average molecular weight is 338 g/mol. The number of carbonyl (C=O) groups excluding carboxylic acids is 2. The van der Waals surface area contributed by atoms with Crippen molar-refractivity contribution in [2.24, 2.45) is 0 Å². The van der Waals surface area contributed by atoms with Gasteiger partial charge in [0.2, 0.25) is 11.8 Å². The monoisotopic (exact) mass is 338 g/mol. The first-order valence-corrected chi connectivity index (χ1v) is 9.43. The fourth-order valence-electron chi connectivity index (χ4n) is 2.79. The van der Waals surface area contributed by atoms with Gasteiger partial charge in [0.1, 0.15) is 0 Å². The quantitative estimate of drug-likeness (QED) is 0.879. The van der Waals surface area contributed by atoms with Crippen molar-refractivity contribution >= 4 is 27.3 Å². The summed E-state index contributed by atoms with van der Waals surface area (Å²) in [6, 6.07) is 7.15. The summed E-state index contributed by atoms with van der Waals surface area (Å²) in [5, 5.41) is 2.79. The Kier molecular flexibility index (Phi) is 5.41. The van der Waals surface area contributed by atoms with E-state index in [-0.39, 0.29) is 42.3 Å². The number of hydrogen-bond donors (Lipinski definition) is 1. The standard InChI is InChI=1S/C16H22N2O4S/c1-12-4-3-5-14(10-12)17-16(20)6-8-18(13(2)19)15-7-9-23(21,22)11-15/h3-5,10,15H,6-9,11H2,1-2H3,(H,17,20). The Morgan fingerprint density at radius 2 is 2.09 bits per heavy atom. The highest BCUT2D eigenvalue weighted by Gasteiger charge is 2.33. The van der Waals surface area contributed by atoms with Gasteiger partial charge in [-0.15, -0.1) is 0 Å². The maximum atomic E-state index is 12.0. The predicted octanol–water partition coefficient (Wildman–Crippen LogP) is 1.36. The highest BCUT2D eigenvalue weighted by atomic mass is 32.2. The molecule has 1 unspecified atom stereocenters. The lowest BCUT2D eigenvalue weighted by molar-refractivity contribution is -0.131. The predicted molar refractivity (Wildman–Crippen MR) is 88.9 cm³/mol. The van der Waals surface area contributed by atoms with Gasteiger partial charge in [-0.05, 0) is 31.0 Å². The Hall–Kier alpha value is -1.89. The van der Waals surface area contributed by atoms with E-state index in [1.807, 2.05) is 25.1 Å². The van der Waals surface area contributed by atoms with Crippen LogP contribution in [-0.2, 0) is 19.4 Å². The summed E-state index contributed by atoms with van der Waals surface area (Å²) in [6.45, 7) is 3.57. The SMILES string of the molecule is CC(=O)N(CCC(=O)Nc1cccc(C)c1)C1CCS(=O)(=O)C1. The molecule has 0 aromatic heterocycles. The lowest BCUT2D eigenvalue weighted by atomic mass is 10.2. The number of rotatable bonds is 5. The molecule has 0 bridgehead atoms. The van der Waals surface area contributed by atoms with Crippen molar-refractivity contribution < 1.29 is 18.0 Å². The molecule has 1 aliphatic heterocycles. The van der Waals surface area contributed by atoms with Gasteiger partial charge in [-0.3, -0.25) is 9.59 Å². The molecule has 6 nitrogen and oxygen atoms in total. The van der Waals surface area contributed by atoms with Crippen LogP contribution in [0.2, 0.25) is 0 Å². The third kappa shape index (κ3) is 5.06. The van der Waals surface area contributed by atoms with Crippen LogP contribution < -0.4 is 5.32 Å². The van der Waals surface area contributed by atoms with Gasteiger partial charge in [0.25, 0.3) is 0 Å². The largest absolute Gasteiger partial charge is 0.338 e. The number of carbonyl (C=O) groups is 2. The van der Waals surface area contributed by atoms with E-state index in [2.05, 4.69) is 5.32 Å². The van der Waals surface area contributed by atoms with Gasteiger partial charge in [-0.25, -0.2) is 8.42 Å². The molecule has 23 heavy (non-hydrogen) atoms. The fourth-order valence-corrected chi connectivity index (χ4v) is 4.52. The minimum atomic E-state index is -3.06. The molecule has 2 rings (SSSR count). The molecule has 1 aromatic rings. The number of hydrogen-bond acceptors (Lipinski definition) is 4. The smallest absolute Gasteiger partial charge is 0.226 e. The van der Waals surface area contributed by atoms with Gasteiger partial charge in [-0.2, -0.15) is 0 Å². The summed E-state index contributed by atoms with van der Waals surface area (Å²) in [5.74, 6) is -0.290. The summed E-state index contributed by atoms with van der Waals surface area (Å²) in [7, 11) is -3.06. The summed E-state index contributed by atoms with van der Waals surface area (Å²) in [6.07, 6.45) is 0.589. The van der Waals surface area contributed by atoms with Crippen LogP contribution in [0.15, 0.2) is 24.3 Å². The molecule has 7 heteroatoms. The molecule has 1 aromatic carbocycles. The van der Waals surface area contributed by atoms with E-state index in [0.717, 1.165) is 5.56 Å². The first-order valence-electron chi connectivity index (χ1n) is 7.61. The van der Waals surface area contributed by atoms with Crippen LogP contribution >= 0.6 is 0 Å². The van der Waals surface area contributed by atoms with Gasteiger partial charge in [0.15, 0.2) is 9.84 Å². The molecule has 126 valence electrons. The van der Waals surface area contributed by atoms with E-state index in [1.165, 1.54) is 11.8 Å². The molecule has 2 amide bonds. The van der Waals surface area contributed by atoms with Gasteiger partial charge in [0.05, 0.1) is 11.5 Å². The van der Waals surface area contributed by atoms with Crippen molar-refractivity contribution in [1.82, 2.24) is 4.90 Å². The van der Waals surface area contributed by atoms with Crippen molar-refractivity contribution in [2.75, 3.05) is 23.4 Å². The lowest BCUT2D eigenvalue weighted by Gasteiger charge is -2.26. The number of anilines is 1. The summed E-state index contributed by atoms with van der Waals surface area (Å²) in [4.78, 5) is 25.3. The van der Waals surface area contributed by atoms with E-state index in [9.17, 15) is 18.0 Å². The van der Waals surface area contributed by atoms with Crippen LogP contribution in [0.3, 0.4) is 0 Å². The molecule has 1 fully saturated rings. The Bertz CT molecular complexity index is 700. The molecule has 1 aliphatic rings. The van der Waals surface area contributed by atoms with E-state index >= 15 is 0 Å². The van der Waals surface area contributed by atoms with Gasteiger partial charge in [-0.1, -0.05) is 12.1 Å². The summed E-state index contributed by atoms with van der Waals surface area (Å²) in [5.41, 5.74) is 1.76. The molecule has 1 N–H and O–H groups in total. The second-order valence-electron chi connectivity index (χ2n) is 5.94. The van der Waals surface area contributed by atoms with Crippen molar-refractivity contribution in [3.8, 4) is 0 Å². The number of nitrogens with zero attached hydrogens (tertiary/aromatic N) is 1. The van der Waals surface area contributed by atoms with Crippen molar-refractivity contribution in [1.29, 1.82) is 0 Å². The van der Waals surface area contributed by atoms with Crippen molar-refractivity contribution in [3.05, 3.63) is 29.8 Å². The minimum absolute atomic E-state index is 0.00786. The van der Waals surface area contributed by atoms with Gasteiger partial charge < -0.3 is 10.2 Å². The molecule has 1 saturated heterocycles. The van der Waals surface area contributed by atoms with Crippen LogP contribution in [-0.4, -0.2) is 49.2 Å². The zero-order chi connectivity index (χ0) is 17.0. The number of benzene rings is 1. The summed E-state index contributed by atoms with van der Waals surface area (Å²) < 4.78 is 23.1. The second kappa shape index (κ2) is 7.12. The van der Waals surface area contributed by atoms with E-state index in [0.29, 0.717) is 12.1 Å². The van der Waals surface area contributed by atoms with Gasteiger partial charge in [0, 0.05) is 31.6 Å². The van der Waals surface area contributed by atoms with Crippen molar-refractivity contribution in [3.63, 3.8) is 0 Å². The van der Waals surface area contributed by atoms with Crippen LogP contribution in [0.4, 0.5) is 5.69 Å². The van der Waals surface area contributed by atoms with E-state index < -0.39 is 9.84 Å². The van der Waals surface area contributed by atoms with Crippen LogP contribution in [0.1, 0.15) is 25.3 Å². The fraction of sp³-hybridized carbons (Fsp3) is 0.500. The molecule has 1 heterocycles. The molecule has 1 atom stereocenters. The second-order valence-corrected chi connectivity index (χ2v) is 8.17. The highest BCUT2D eigenvalue weighted by molar-refractivity contribution is 7.91. The number of amides is 2. The maximum absolute atomic E-state index is 12.0. The third-order valence-electron chi connectivity index (χ3n) is 3.94. The molecule has 0 spiro atoms. The Balaban J connectivity index is 1.91. The Labute approximate surface area is 136 Å². The molecule has 0 aliphatic carbocycles. The van der Waals surface area contributed by atoms with E-state index in [4.69, 9.17) is 0 Å². The Morgan fingerprint density at radius 1 is 1.35 bits per heavy atom. The zero-order valence-corrected chi connectivity index (χ0v) is 14.2. The normalized spacial score (nSPS) is 19.3. The third-order valence-corrected chi connectivity index (χ3v) is 5.69. The highest BCUT2D eigenvalue weighted by Crippen LogP contribution is 2.18. The lowest BCUT2D eigenvalue weighted by Crippen LogP contribution is -2.41. The minimum Gasteiger partial charge on any atom is -0.338 e. The number of sulfone groups is 1. The molecular weight excluding hydrogens is 316 g/mol. The van der Waals surface area contributed by atoms with Crippen molar-refractivity contribution in [2.45, 2.75) is 32.7 Å². The first kappa shape index (κ1) is 17.5. The number of aryl methyl sites for hydroxylation is 1. The van der Waals surface area contributed by atoms with Crippen LogP contribution in [0, 0.1) is 6.92 Å². The summed E-state index contributed by atoms with van der Waals surface area (Å²) >= 11 is 0. The maximum Gasteiger partial charge on any atom is 0.226 e.